The molecule has 0 aliphatic rings. The van der Waals surface area contributed by atoms with Crippen molar-refractivity contribution in [1.82, 2.24) is 4.90 Å². The minimum Gasteiger partial charge on any atom is -0.466 e. The monoisotopic (exact) mass is 470 g/mol. The summed E-state index contributed by atoms with van der Waals surface area (Å²) in [6, 6.07) is 22.2. The lowest BCUT2D eigenvalue weighted by atomic mass is 9.92. The molecule has 0 spiro atoms. The van der Waals surface area contributed by atoms with E-state index in [4.69, 9.17) is 10.00 Å². The van der Waals surface area contributed by atoms with Crippen molar-refractivity contribution in [3.8, 4) is 17.2 Å². The Bertz CT molecular complexity index is 1220. The molecule has 3 aromatic rings. The predicted molar refractivity (Wildman–Crippen MR) is 139 cm³/mol. The van der Waals surface area contributed by atoms with Gasteiger partial charge in [0.2, 0.25) is 5.91 Å². The fourth-order valence-corrected chi connectivity index (χ4v) is 4.12. The molecule has 5 nitrogen and oxygen atoms in total. The molecule has 0 radical (unpaired) electrons. The van der Waals surface area contributed by atoms with Crippen molar-refractivity contribution in [1.29, 1.82) is 5.26 Å². The van der Waals surface area contributed by atoms with Crippen LogP contribution in [0.2, 0.25) is 0 Å². The molecule has 0 aromatic heterocycles. The molecular weight excluding hydrogens is 436 g/mol. The molecule has 0 heterocycles. The third kappa shape index (κ3) is 6.70. The number of rotatable bonds is 10. The van der Waals surface area contributed by atoms with Crippen LogP contribution in [0.15, 0.2) is 60.7 Å². The Balaban J connectivity index is 1.84. The third-order valence-corrected chi connectivity index (χ3v) is 6.14. The summed E-state index contributed by atoms with van der Waals surface area (Å²) in [6.07, 6.45) is 2.24. The van der Waals surface area contributed by atoms with Crippen LogP contribution in [0.3, 0.4) is 0 Å². The molecule has 0 unspecified atom stereocenters. The van der Waals surface area contributed by atoms with Gasteiger partial charge in [-0.3, -0.25) is 9.59 Å². The van der Waals surface area contributed by atoms with Crippen LogP contribution < -0.4 is 0 Å². The summed E-state index contributed by atoms with van der Waals surface area (Å²) < 4.78 is 5.24. The number of nitriles is 1. The molecule has 0 atom stereocenters. The second kappa shape index (κ2) is 11.7. The van der Waals surface area contributed by atoms with E-state index in [2.05, 4.69) is 43.3 Å². The number of nitrogens with zero attached hydrogens (tertiary/aromatic N) is 2. The van der Waals surface area contributed by atoms with Crippen LogP contribution in [0, 0.1) is 16.7 Å². The highest BCUT2D eigenvalue weighted by Crippen LogP contribution is 2.27. The predicted octanol–water partition coefficient (Wildman–Crippen LogP) is 6.49. The minimum atomic E-state index is -0.787. The lowest BCUT2D eigenvalue weighted by molar-refractivity contribution is -0.155. The maximum Gasteiger partial charge on any atom is 0.313 e. The maximum atomic E-state index is 13.0. The number of unbranched alkanes of at least 4 members (excludes halogenated alkanes) is 1. The van der Waals surface area contributed by atoms with E-state index in [1.165, 1.54) is 0 Å². The smallest absolute Gasteiger partial charge is 0.313 e. The molecule has 3 rings (SSSR count). The highest BCUT2D eigenvalue weighted by molar-refractivity contribution is 5.88. The molecule has 5 heteroatoms. The zero-order chi connectivity index (χ0) is 25.4. The second-order valence-corrected chi connectivity index (χ2v) is 9.54. The Morgan fingerprint density at radius 3 is 2.26 bits per heavy atom. The van der Waals surface area contributed by atoms with Gasteiger partial charge in [-0.25, -0.2) is 0 Å². The highest BCUT2D eigenvalue weighted by Gasteiger charge is 2.33. The Hall–Kier alpha value is -3.65. The molecule has 0 fully saturated rings. The lowest BCUT2D eigenvalue weighted by Crippen LogP contribution is -2.42. The quantitative estimate of drug-likeness (QED) is 0.318. The highest BCUT2D eigenvalue weighted by atomic mass is 16.5. The lowest BCUT2D eigenvalue weighted by Gasteiger charge is -2.31. The van der Waals surface area contributed by atoms with Gasteiger partial charge in [-0.2, -0.15) is 5.26 Å². The number of carbonyl (C=O) groups excluding carboxylic acids is 2. The van der Waals surface area contributed by atoms with E-state index in [1.807, 2.05) is 44.2 Å². The van der Waals surface area contributed by atoms with Crippen LogP contribution in [-0.4, -0.2) is 29.9 Å². The van der Waals surface area contributed by atoms with Gasteiger partial charge in [-0.15, -0.1) is 0 Å². The summed E-state index contributed by atoms with van der Waals surface area (Å²) in [5.74, 6) is -0.234. The van der Waals surface area contributed by atoms with Gasteiger partial charge in [0.25, 0.3) is 0 Å². The summed E-state index contributed by atoms with van der Waals surface area (Å²) >= 11 is 0. The summed E-state index contributed by atoms with van der Waals surface area (Å²) in [7, 11) is 0. The van der Waals surface area contributed by atoms with Crippen LogP contribution in [-0.2, 0) is 20.9 Å². The molecule has 0 aliphatic carbocycles. The van der Waals surface area contributed by atoms with E-state index < -0.39 is 5.41 Å². The zero-order valence-corrected chi connectivity index (χ0v) is 21.1. The van der Waals surface area contributed by atoms with Crippen LogP contribution in [0.25, 0.3) is 21.9 Å². The average Bonchev–Trinajstić information content (AvgIpc) is 2.86. The van der Waals surface area contributed by atoms with Crippen molar-refractivity contribution in [3.05, 3.63) is 71.8 Å². The SMILES string of the molecule is CCCCC(=O)N(Cc1ccc2cc(-c3ccc(C#N)cc3)ccc2c1)CC(C)(C)C(=O)OCC. The molecule has 182 valence electrons. The summed E-state index contributed by atoms with van der Waals surface area (Å²) in [4.78, 5) is 27.3. The van der Waals surface area contributed by atoms with Gasteiger partial charge < -0.3 is 9.64 Å². The topological polar surface area (TPSA) is 70.4 Å². The van der Waals surface area contributed by atoms with E-state index in [0.29, 0.717) is 31.7 Å². The molecule has 1 amide bonds. The van der Waals surface area contributed by atoms with Gasteiger partial charge in [-0.05, 0) is 78.9 Å². The fourth-order valence-electron chi connectivity index (χ4n) is 4.12. The number of hydrogen-bond acceptors (Lipinski definition) is 4. The molecule has 0 saturated heterocycles. The van der Waals surface area contributed by atoms with Crippen LogP contribution in [0.4, 0.5) is 0 Å². The number of carbonyl (C=O) groups is 2. The van der Waals surface area contributed by atoms with Crippen molar-refractivity contribution in [2.75, 3.05) is 13.2 Å². The number of amides is 1. The number of fused-ring (bicyclic) bond motifs is 1. The Morgan fingerprint density at radius 1 is 0.943 bits per heavy atom. The molecule has 0 aliphatic heterocycles. The Kier molecular flexibility index (Phi) is 8.65. The molecule has 0 saturated carbocycles. The van der Waals surface area contributed by atoms with Gasteiger partial charge in [0, 0.05) is 19.5 Å². The van der Waals surface area contributed by atoms with Crippen LogP contribution in [0.1, 0.15) is 58.1 Å². The average molecular weight is 471 g/mol. The minimum absolute atomic E-state index is 0.0560. The van der Waals surface area contributed by atoms with Gasteiger partial charge in [-0.1, -0.05) is 49.7 Å². The van der Waals surface area contributed by atoms with Crippen molar-refractivity contribution < 1.29 is 14.3 Å². The van der Waals surface area contributed by atoms with E-state index in [1.54, 1.807) is 11.8 Å². The van der Waals surface area contributed by atoms with Crippen molar-refractivity contribution >= 4 is 22.6 Å². The van der Waals surface area contributed by atoms with Crippen molar-refractivity contribution in [2.24, 2.45) is 5.41 Å². The molecular formula is C30H34N2O3. The molecule has 35 heavy (non-hydrogen) atoms. The third-order valence-electron chi connectivity index (χ3n) is 6.14. The van der Waals surface area contributed by atoms with Crippen LogP contribution >= 0.6 is 0 Å². The zero-order valence-electron chi connectivity index (χ0n) is 21.1. The standard InChI is InChI=1S/C30H34N2O3/c1-5-7-8-28(33)32(21-30(3,4)29(34)35-6-2)20-23-11-14-27-18-26(16-15-25(27)17-23)24-12-9-22(19-31)10-13-24/h9-18H,5-8,20-21H2,1-4H3. The van der Waals surface area contributed by atoms with Crippen LogP contribution in [0.5, 0.6) is 0 Å². The van der Waals surface area contributed by atoms with E-state index in [-0.39, 0.29) is 11.9 Å². The number of ether oxygens (including phenoxy) is 1. The van der Waals surface area contributed by atoms with E-state index in [0.717, 1.165) is 40.3 Å². The number of esters is 1. The Morgan fingerprint density at radius 2 is 1.60 bits per heavy atom. The largest absolute Gasteiger partial charge is 0.466 e. The van der Waals surface area contributed by atoms with Gasteiger partial charge in [0.05, 0.1) is 23.7 Å². The van der Waals surface area contributed by atoms with E-state index in [9.17, 15) is 9.59 Å². The summed E-state index contributed by atoms with van der Waals surface area (Å²) in [5, 5.41) is 11.2. The van der Waals surface area contributed by atoms with Gasteiger partial charge >= 0.3 is 5.97 Å². The number of hydrogen-bond donors (Lipinski definition) is 0. The molecule has 0 N–H and O–H groups in total. The van der Waals surface area contributed by atoms with Crippen molar-refractivity contribution in [2.45, 2.75) is 53.5 Å². The summed E-state index contributed by atoms with van der Waals surface area (Å²) in [6.45, 7) is 8.59. The Labute approximate surface area is 208 Å². The van der Waals surface area contributed by atoms with Gasteiger partial charge in [0.1, 0.15) is 0 Å². The van der Waals surface area contributed by atoms with Crippen molar-refractivity contribution in [3.63, 3.8) is 0 Å². The fraction of sp³-hybridized carbons (Fsp3) is 0.367. The first-order valence-electron chi connectivity index (χ1n) is 12.3. The molecule has 0 bridgehead atoms. The maximum absolute atomic E-state index is 13.0. The van der Waals surface area contributed by atoms with Gasteiger partial charge in [0.15, 0.2) is 0 Å². The first-order chi connectivity index (χ1) is 16.8. The summed E-state index contributed by atoms with van der Waals surface area (Å²) in [5.41, 5.74) is 3.02. The number of benzene rings is 3. The normalized spacial score (nSPS) is 11.2. The first-order valence-corrected chi connectivity index (χ1v) is 12.3. The van der Waals surface area contributed by atoms with E-state index >= 15 is 0 Å². The first kappa shape index (κ1) is 26.0. The second-order valence-electron chi connectivity index (χ2n) is 9.54. The molecule has 3 aromatic carbocycles.